The first-order valence-electron chi connectivity index (χ1n) is 10.9. The number of carbonyl (C=O) groups is 1. The van der Waals surface area contributed by atoms with E-state index in [0.29, 0.717) is 5.56 Å². The number of rotatable bonds is 4. The fraction of sp³-hybridized carbons (Fsp3) is 0.360. The molecule has 5 rings (SSSR count). The minimum Gasteiger partial charge on any atom is -0.322 e. The molecule has 154 valence electrons. The Balaban J connectivity index is 1.37. The maximum Gasteiger partial charge on any atom is 0.255 e. The van der Waals surface area contributed by atoms with Gasteiger partial charge in [0, 0.05) is 28.9 Å². The van der Waals surface area contributed by atoms with E-state index in [1.54, 1.807) is 0 Å². The number of pyridine rings is 1. The van der Waals surface area contributed by atoms with Gasteiger partial charge in [0.2, 0.25) is 0 Å². The molecule has 4 nitrogen and oxygen atoms in total. The van der Waals surface area contributed by atoms with Gasteiger partial charge in [0.25, 0.3) is 5.91 Å². The predicted molar refractivity (Wildman–Crippen MR) is 122 cm³/mol. The summed E-state index contributed by atoms with van der Waals surface area (Å²) < 4.78 is 0. The SMILES string of the molecule is O=C(Nc1cccc(CN2CCCC2)c1)c1ccc2c(Cl)c3c(nc2c1)CCCC3. The lowest BCUT2D eigenvalue weighted by Crippen LogP contribution is -2.18. The molecule has 0 radical (unpaired) electrons. The highest BCUT2D eigenvalue weighted by molar-refractivity contribution is 6.36. The number of halogens is 1. The van der Waals surface area contributed by atoms with E-state index in [2.05, 4.69) is 22.3 Å². The lowest BCUT2D eigenvalue weighted by molar-refractivity contribution is 0.102. The third-order valence-electron chi connectivity index (χ3n) is 6.25. The van der Waals surface area contributed by atoms with Gasteiger partial charge in [0.15, 0.2) is 0 Å². The number of carbonyl (C=O) groups excluding carboxylic acids is 1. The molecule has 30 heavy (non-hydrogen) atoms. The topological polar surface area (TPSA) is 45.2 Å². The normalized spacial score (nSPS) is 16.6. The fourth-order valence-corrected chi connectivity index (χ4v) is 5.02. The number of nitrogens with one attached hydrogen (secondary N) is 1. The molecular formula is C25H26ClN3O. The van der Waals surface area contributed by atoms with Crippen LogP contribution in [0.4, 0.5) is 5.69 Å². The molecule has 1 amide bonds. The number of fused-ring (bicyclic) bond motifs is 2. The Morgan fingerprint density at radius 2 is 1.87 bits per heavy atom. The molecule has 3 aromatic rings. The average Bonchev–Trinajstić information content (AvgIpc) is 3.27. The summed E-state index contributed by atoms with van der Waals surface area (Å²) in [7, 11) is 0. The molecule has 0 spiro atoms. The standard InChI is InChI=1S/C25H26ClN3O/c26-24-20-8-1-2-9-22(20)28-23-15-18(10-11-21(23)24)25(30)27-19-7-5-6-17(14-19)16-29-12-3-4-13-29/h5-7,10-11,14-15H,1-4,8-9,12-13,16H2,(H,27,30). The van der Waals surface area contributed by atoms with Gasteiger partial charge < -0.3 is 5.32 Å². The molecule has 0 saturated carbocycles. The Labute approximate surface area is 182 Å². The molecule has 2 heterocycles. The molecule has 0 unspecified atom stereocenters. The molecular weight excluding hydrogens is 394 g/mol. The molecule has 1 fully saturated rings. The van der Waals surface area contributed by atoms with E-state index >= 15 is 0 Å². The first-order chi connectivity index (χ1) is 14.7. The van der Waals surface area contributed by atoms with E-state index in [9.17, 15) is 4.79 Å². The van der Waals surface area contributed by atoms with Crippen molar-refractivity contribution in [2.45, 2.75) is 45.1 Å². The zero-order chi connectivity index (χ0) is 20.5. The van der Waals surface area contributed by atoms with Crippen LogP contribution in [-0.2, 0) is 19.4 Å². The maximum absolute atomic E-state index is 12.9. The zero-order valence-electron chi connectivity index (χ0n) is 17.1. The second-order valence-corrected chi connectivity index (χ2v) is 8.81. The number of aromatic nitrogens is 1. The number of nitrogens with zero attached hydrogens (tertiary/aromatic N) is 2. The minimum absolute atomic E-state index is 0.120. The Kier molecular flexibility index (Phi) is 5.45. The van der Waals surface area contributed by atoms with Crippen LogP contribution in [0.1, 0.15) is 52.9 Å². The van der Waals surface area contributed by atoms with Crippen LogP contribution in [0, 0.1) is 0 Å². The van der Waals surface area contributed by atoms with E-state index in [0.717, 1.165) is 72.6 Å². The molecule has 1 aromatic heterocycles. The summed E-state index contributed by atoms with van der Waals surface area (Å²) in [5.74, 6) is -0.120. The summed E-state index contributed by atoms with van der Waals surface area (Å²) in [5, 5.41) is 4.78. The third kappa shape index (κ3) is 3.94. The van der Waals surface area contributed by atoms with Crippen molar-refractivity contribution >= 4 is 34.1 Å². The van der Waals surface area contributed by atoms with Gasteiger partial charge in [-0.2, -0.15) is 0 Å². The summed E-state index contributed by atoms with van der Waals surface area (Å²) in [6.07, 6.45) is 6.82. The second-order valence-electron chi connectivity index (χ2n) is 8.43. The third-order valence-corrected chi connectivity index (χ3v) is 6.68. The van der Waals surface area contributed by atoms with Gasteiger partial charge in [0.05, 0.1) is 10.5 Å². The minimum atomic E-state index is -0.120. The lowest BCUT2D eigenvalue weighted by atomic mass is 9.94. The fourth-order valence-electron chi connectivity index (χ4n) is 4.66. The number of aryl methyl sites for hydroxylation is 1. The van der Waals surface area contributed by atoms with Crippen molar-refractivity contribution in [3.05, 3.63) is 69.9 Å². The number of hydrogen-bond acceptors (Lipinski definition) is 3. The first-order valence-corrected chi connectivity index (χ1v) is 11.3. The Morgan fingerprint density at radius 1 is 1.03 bits per heavy atom. The Hall–Kier alpha value is -2.43. The van der Waals surface area contributed by atoms with Gasteiger partial charge >= 0.3 is 0 Å². The first kappa shape index (κ1) is 19.5. The molecule has 0 atom stereocenters. The number of hydrogen-bond donors (Lipinski definition) is 1. The molecule has 0 bridgehead atoms. The summed E-state index contributed by atoms with van der Waals surface area (Å²) in [4.78, 5) is 20.2. The average molecular weight is 420 g/mol. The molecule has 1 aliphatic heterocycles. The van der Waals surface area contributed by atoms with Crippen LogP contribution >= 0.6 is 11.6 Å². The van der Waals surface area contributed by atoms with Gasteiger partial charge in [0.1, 0.15) is 0 Å². The number of amides is 1. The summed E-state index contributed by atoms with van der Waals surface area (Å²) in [6, 6.07) is 13.8. The van der Waals surface area contributed by atoms with Crippen molar-refractivity contribution in [2.24, 2.45) is 0 Å². The van der Waals surface area contributed by atoms with Crippen LogP contribution in [0.15, 0.2) is 42.5 Å². The van der Waals surface area contributed by atoms with Crippen molar-refractivity contribution in [1.29, 1.82) is 0 Å². The van der Waals surface area contributed by atoms with Crippen LogP contribution in [0.25, 0.3) is 10.9 Å². The van der Waals surface area contributed by atoms with Gasteiger partial charge in [-0.05, 0) is 87.0 Å². The van der Waals surface area contributed by atoms with E-state index in [1.807, 2.05) is 30.3 Å². The van der Waals surface area contributed by atoms with E-state index in [1.165, 1.54) is 24.0 Å². The quantitative estimate of drug-likeness (QED) is 0.597. The lowest BCUT2D eigenvalue weighted by Gasteiger charge is -2.18. The highest BCUT2D eigenvalue weighted by Crippen LogP contribution is 2.33. The smallest absolute Gasteiger partial charge is 0.255 e. The number of benzene rings is 2. The van der Waals surface area contributed by atoms with Crippen molar-refractivity contribution in [1.82, 2.24) is 9.88 Å². The van der Waals surface area contributed by atoms with Crippen molar-refractivity contribution in [3.8, 4) is 0 Å². The maximum atomic E-state index is 12.9. The monoisotopic (exact) mass is 419 g/mol. The van der Waals surface area contributed by atoms with Gasteiger partial charge in [-0.3, -0.25) is 14.7 Å². The molecule has 2 aliphatic rings. The molecule has 1 aliphatic carbocycles. The van der Waals surface area contributed by atoms with Gasteiger partial charge in [-0.25, -0.2) is 0 Å². The van der Waals surface area contributed by atoms with Crippen LogP contribution in [-0.4, -0.2) is 28.9 Å². The van der Waals surface area contributed by atoms with Crippen LogP contribution < -0.4 is 5.32 Å². The Morgan fingerprint density at radius 3 is 2.73 bits per heavy atom. The van der Waals surface area contributed by atoms with Gasteiger partial charge in [-0.15, -0.1) is 0 Å². The van der Waals surface area contributed by atoms with E-state index < -0.39 is 0 Å². The van der Waals surface area contributed by atoms with E-state index in [-0.39, 0.29) is 5.91 Å². The summed E-state index contributed by atoms with van der Waals surface area (Å²) in [5.41, 5.74) is 5.73. The summed E-state index contributed by atoms with van der Waals surface area (Å²) in [6.45, 7) is 3.26. The number of anilines is 1. The highest BCUT2D eigenvalue weighted by atomic mass is 35.5. The molecule has 5 heteroatoms. The predicted octanol–water partition coefficient (Wildman–Crippen LogP) is 5.62. The van der Waals surface area contributed by atoms with Crippen LogP contribution in [0.3, 0.4) is 0 Å². The van der Waals surface area contributed by atoms with Gasteiger partial charge in [-0.1, -0.05) is 29.8 Å². The Bertz CT molecular complexity index is 1100. The van der Waals surface area contributed by atoms with Crippen molar-refractivity contribution < 1.29 is 4.79 Å². The van der Waals surface area contributed by atoms with Crippen molar-refractivity contribution in [2.75, 3.05) is 18.4 Å². The largest absolute Gasteiger partial charge is 0.322 e. The van der Waals surface area contributed by atoms with Crippen molar-refractivity contribution in [3.63, 3.8) is 0 Å². The highest BCUT2D eigenvalue weighted by Gasteiger charge is 2.18. The van der Waals surface area contributed by atoms with E-state index in [4.69, 9.17) is 16.6 Å². The number of likely N-dealkylation sites (tertiary alicyclic amines) is 1. The molecule has 2 aromatic carbocycles. The molecule has 1 saturated heterocycles. The van der Waals surface area contributed by atoms with Crippen LogP contribution in [0.5, 0.6) is 0 Å². The molecule has 1 N–H and O–H groups in total. The second kappa shape index (κ2) is 8.37. The van der Waals surface area contributed by atoms with Crippen LogP contribution in [0.2, 0.25) is 5.02 Å². The summed E-state index contributed by atoms with van der Waals surface area (Å²) >= 11 is 6.66. The zero-order valence-corrected chi connectivity index (χ0v) is 17.8.